The molecule has 3 rings (SSSR count). The van der Waals surface area contributed by atoms with Gasteiger partial charge in [0.1, 0.15) is 12.3 Å². The summed E-state index contributed by atoms with van der Waals surface area (Å²) in [5.74, 6) is -0.209. The molecule has 0 atom stereocenters. The summed E-state index contributed by atoms with van der Waals surface area (Å²) in [6.45, 7) is -0.766. The molecule has 0 aliphatic heterocycles. The summed E-state index contributed by atoms with van der Waals surface area (Å²) in [4.78, 5) is 12.4. The summed E-state index contributed by atoms with van der Waals surface area (Å²) < 4.78 is 71.9. The molecule has 0 aromatic heterocycles. The van der Waals surface area contributed by atoms with Crippen LogP contribution in [0.5, 0.6) is 5.75 Å². The van der Waals surface area contributed by atoms with Crippen molar-refractivity contribution in [3.63, 3.8) is 0 Å². The van der Waals surface area contributed by atoms with Crippen molar-refractivity contribution in [2.45, 2.75) is 11.1 Å². The van der Waals surface area contributed by atoms with Crippen molar-refractivity contribution in [1.82, 2.24) is 0 Å². The first-order chi connectivity index (χ1) is 15.5. The van der Waals surface area contributed by atoms with Crippen LogP contribution < -0.4 is 14.4 Å². The van der Waals surface area contributed by atoms with Crippen molar-refractivity contribution < 1.29 is 31.1 Å². The van der Waals surface area contributed by atoms with E-state index in [2.05, 4.69) is 5.32 Å². The van der Waals surface area contributed by atoms with E-state index < -0.39 is 34.2 Å². The van der Waals surface area contributed by atoms with Crippen LogP contribution in [0.1, 0.15) is 5.56 Å². The Balaban J connectivity index is 1.98. The van der Waals surface area contributed by atoms with Gasteiger partial charge in [-0.3, -0.25) is 9.10 Å². The van der Waals surface area contributed by atoms with Gasteiger partial charge in [0.2, 0.25) is 5.91 Å². The molecule has 1 N–H and O–H groups in total. The van der Waals surface area contributed by atoms with Crippen molar-refractivity contribution in [2.75, 3.05) is 23.3 Å². The number of nitrogens with one attached hydrogen (secondary N) is 1. The highest BCUT2D eigenvalue weighted by molar-refractivity contribution is 7.92. The molecule has 11 heteroatoms. The highest BCUT2D eigenvalue weighted by Gasteiger charge is 2.33. The normalized spacial score (nSPS) is 11.7. The lowest BCUT2D eigenvalue weighted by molar-refractivity contribution is -0.137. The van der Waals surface area contributed by atoms with Crippen molar-refractivity contribution >= 4 is 38.9 Å². The minimum atomic E-state index is -4.70. The van der Waals surface area contributed by atoms with Crippen molar-refractivity contribution in [3.05, 3.63) is 83.4 Å². The quantitative estimate of drug-likeness (QED) is 0.486. The van der Waals surface area contributed by atoms with E-state index in [1.807, 2.05) is 0 Å². The fourth-order valence-corrected chi connectivity index (χ4v) is 4.43. The van der Waals surface area contributed by atoms with Crippen LogP contribution in [0.2, 0.25) is 5.02 Å². The van der Waals surface area contributed by atoms with Crippen LogP contribution >= 0.6 is 11.6 Å². The number of methoxy groups -OCH3 is 1. The number of rotatable bonds is 7. The van der Waals surface area contributed by atoms with E-state index in [0.29, 0.717) is 21.8 Å². The molecule has 0 unspecified atom stereocenters. The average Bonchev–Trinajstić information content (AvgIpc) is 2.77. The Morgan fingerprint density at radius 3 is 2.24 bits per heavy atom. The minimum absolute atomic E-state index is 0.235. The summed E-state index contributed by atoms with van der Waals surface area (Å²) in [6, 6.07) is 15.1. The molecule has 3 aromatic carbocycles. The Bertz CT molecular complexity index is 1230. The van der Waals surface area contributed by atoms with Gasteiger partial charge in [-0.25, -0.2) is 8.42 Å². The average molecular weight is 499 g/mol. The number of amides is 1. The molecule has 33 heavy (non-hydrogen) atoms. The molecule has 0 aliphatic carbocycles. The summed E-state index contributed by atoms with van der Waals surface area (Å²) in [5.41, 5.74) is -1.01. The number of halogens is 4. The summed E-state index contributed by atoms with van der Waals surface area (Å²) in [7, 11) is -2.93. The topological polar surface area (TPSA) is 75.7 Å². The fraction of sp³-hybridized carbons (Fsp3) is 0.136. The lowest BCUT2D eigenvalue weighted by Gasteiger charge is -2.25. The molecule has 0 fully saturated rings. The number of anilines is 2. The smallest absolute Gasteiger partial charge is 0.416 e. The van der Waals surface area contributed by atoms with Gasteiger partial charge in [-0.1, -0.05) is 17.7 Å². The van der Waals surface area contributed by atoms with Gasteiger partial charge in [0, 0.05) is 10.7 Å². The third-order valence-electron chi connectivity index (χ3n) is 4.52. The molecule has 6 nitrogen and oxygen atoms in total. The van der Waals surface area contributed by atoms with E-state index in [1.54, 1.807) is 24.3 Å². The molecule has 0 aliphatic rings. The minimum Gasteiger partial charge on any atom is -0.497 e. The lowest BCUT2D eigenvalue weighted by Crippen LogP contribution is -2.38. The molecule has 0 spiro atoms. The Hall–Kier alpha value is -3.24. The Kier molecular flexibility index (Phi) is 7.19. The highest BCUT2D eigenvalue weighted by Crippen LogP contribution is 2.33. The third-order valence-corrected chi connectivity index (χ3v) is 6.56. The van der Waals surface area contributed by atoms with E-state index >= 15 is 0 Å². The maximum atomic E-state index is 13.3. The van der Waals surface area contributed by atoms with Crippen LogP contribution in [0.25, 0.3) is 0 Å². The summed E-state index contributed by atoms with van der Waals surface area (Å²) >= 11 is 5.82. The number of sulfonamides is 1. The Labute approximate surface area is 193 Å². The third kappa shape index (κ3) is 5.96. The predicted molar refractivity (Wildman–Crippen MR) is 119 cm³/mol. The number of alkyl halides is 3. The van der Waals surface area contributed by atoms with Gasteiger partial charge in [0.15, 0.2) is 0 Å². The van der Waals surface area contributed by atoms with Crippen molar-refractivity contribution in [1.29, 1.82) is 0 Å². The summed E-state index contributed by atoms with van der Waals surface area (Å²) in [6.07, 6.45) is -4.70. The van der Waals surface area contributed by atoms with Gasteiger partial charge < -0.3 is 10.1 Å². The van der Waals surface area contributed by atoms with Gasteiger partial charge in [-0.15, -0.1) is 0 Å². The molecule has 0 bridgehead atoms. The summed E-state index contributed by atoms with van der Waals surface area (Å²) in [5, 5.41) is 2.80. The fourth-order valence-electron chi connectivity index (χ4n) is 2.89. The second kappa shape index (κ2) is 9.72. The molecule has 174 valence electrons. The molecular formula is C22H18ClF3N2O4S. The number of nitrogens with zero attached hydrogens (tertiary/aromatic N) is 1. The molecule has 0 saturated heterocycles. The van der Waals surface area contributed by atoms with E-state index in [4.69, 9.17) is 16.3 Å². The van der Waals surface area contributed by atoms with Crippen molar-refractivity contribution in [2.24, 2.45) is 0 Å². The first-order valence-electron chi connectivity index (χ1n) is 9.40. The number of ether oxygens (including phenoxy) is 1. The first kappa shape index (κ1) is 24.4. The molecule has 1 amide bonds. The van der Waals surface area contributed by atoms with Crippen LogP contribution in [0.3, 0.4) is 0 Å². The highest BCUT2D eigenvalue weighted by atomic mass is 35.5. The van der Waals surface area contributed by atoms with Gasteiger partial charge in [0.25, 0.3) is 10.0 Å². The monoisotopic (exact) mass is 498 g/mol. The number of benzene rings is 3. The molecule has 0 heterocycles. The number of hydrogen-bond donors (Lipinski definition) is 1. The second-order valence-electron chi connectivity index (χ2n) is 6.79. The zero-order chi connectivity index (χ0) is 24.2. The lowest BCUT2D eigenvalue weighted by atomic mass is 10.2. The van der Waals surface area contributed by atoms with Crippen LogP contribution in [0.15, 0.2) is 77.7 Å². The zero-order valence-electron chi connectivity index (χ0n) is 17.1. The van der Waals surface area contributed by atoms with Crippen molar-refractivity contribution in [3.8, 4) is 5.75 Å². The van der Waals surface area contributed by atoms with Crippen LogP contribution in [0, 0.1) is 0 Å². The molecule has 0 saturated carbocycles. The van der Waals surface area contributed by atoms with E-state index in [-0.39, 0.29) is 15.6 Å². The maximum Gasteiger partial charge on any atom is 0.416 e. The van der Waals surface area contributed by atoms with E-state index in [0.717, 1.165) is 12.1 Å². The number of carbonyl (C=O) groups is 1. The van der Waals surface area contributed by atoms with Gasteiger partial charge in [0.05, 0.1) is 23.3 Å². The van der Waals surface area contributed by atoms with Gasteiger partial charge in [-0.05, 0) is 66.7 Å². The first-order valence-corrected chi connectivity index (χ1v) is 11.2. The van der Waals surface area contributed by atoms with Crippen LogP contribution in [-0.4, -0.2) is 28.0 Å². The number of carbonyl (C=O) groups excluding carboxylic acids is 1. The Morgan fingerprint density at radius 1 is 1.03 bits per heavy atom. The number of hydrogen-bond acceptors (Lipinski definition) is 4. The van der Waals surface area contributed by atoms with Gasteiger partial charge >= 0.3 is 6.18 Å². The maximum absolute atomic E-state index is 13.3. The molecular weight excluding hydrogens is 481 g/mol. The Morgan fingerprint density at radius 2 is 1.67 bits per heavy atom. The zero-order valence-corrected chi connectivity index (χ0v) is 18.7. The standard InChI is InChI=1S/C22H18ClF3N2O4S/c1-32-19-9-7-17(8-10-19)27-21(29)14-28(18-4-2-3-15(13-18)22(24,25)26)33(30,31)20-11-5-16(23)6-12-20/h2-13H,14H2,1H3,(H,27,29). The second-order valence-corrected chi connectivity index (χ2v) is 9.09. The SMILES string of the molecule is COc1ccc(NC(=O)CN(c2cccc(C(F)(F)F)c2)S(=O)(=O)c2ccc(Cl)cc2)cc1. The van der Waals surface area contributed by atoms with E-state index in [9.17, 15) is 26.4 Å². The van der Waals surface area contributed by atoms with E-state index in [1.165, 1.54) is 37.4 Å². The predicted octanol–water partition coefficient (Wildman–Crippen LogP) is 5.20. The van der Waals surface area contributed by atoms with Gasteiger partial charge in [-0.2, -0.15) is 13.2 Å². The molecule has 0 radical (unpaired) electrons. The van der Waals surface area contributed by atoms with Crippen LogP contribution in [0.4, 0.5) is 24.5 Å². The molecule has 3 aromatic rings. The van der Waals surface area contributed by atoms with Crippen LogP contribution in [-0.2, 0) is 21.0 Å². The largest absolute Gasteiger partial charge is 0.497 e.